The number of para-hydroxylation sites is 1. The van der Waals surface area contributed by atoms with Crippen molar-refractivity contribution in [3.63, 3.8) is 0 Å². The largest absolute Gasteiger partial charge is 0.416 e. The van der Waals surface area contributed by atoms with E-state index in [2.05, 4.69) is 25.8 Å². The zero-order valence-corrected chi connectivity index (χ0v) is 16.7. The lowest BCUT2D eigenvalue weighted by atomic mass is 9.93. The van der Waals surface area contributed by atoms with Crippen molar-refractivity contribution in [1.82, 2.24) is 9.47 Å². The van der Waals surface area contributed by atoms with Crippen molar-refractivity contribution in [2.75, 3.05) is 7.05 Å². The number of alkyl halides is 3. The molecule has 2 nitrogen and oxygen atoms in total. The molecule has 29 heavy (non-hydrogen) atoms. The van der Waals surface area contributed by atoms with Gasteiger partial charge in [-0.3, -0.25) is 4.90 Å². The van der Waals surface area contributed by atoms with E-state index in [0.717, 1.165) is 40.8 Å². The van der Waals surface area contributed by atoms with Crippen LogP contribution in [0.2, 0.25) is 0 Å². The van der Waals surface area contributed by atoms with Gasteiger partial charge in [0.2, 0.25) is 0 Å². The van der Waals surface area contributed by atoms with Gasteiger partial charge in [0, 0.05) is 36.1 Å². The van der Waals surface area contributed by atoms with E-state index >= 15 is 0 Å². The molecule has 2 aromatic carbocycles. The number of halogens is 4. The summed E-state index contributed by atoms with van der Waals surface area (Å²) in [6, 6.07) is 10.9. The molecule has 4 rings (SSSR count). The lowest BCUT2D eigenvalue weighted by molar-refractivity contribution is -0.137. The van der Waals surface area contributed by atoms with Crippen LogP contribution in [-0.4, -0.2) is 22.6 Å². The average molecular weight is 404 g/mol. The fraction of sp³-hybridized carbons (Fsp3) is 0.391. The van der Waals surface area contributed by atoms with Crippen molar-refractivity contribution in [3.8, 4) is 0 Å². The summed E-state index contributed by atoms with van der Waals surface area (Å²) in [6.45, 7) is 4.83. The Hall–Kier alpha value is -2.34. The highest BCUT2D eigenvalue weighted by Crippen LogP contribution is 2.40. The van der Waals surface area contributed by atoms with Gasteiger partial charge in [-0.15, -0.1) is 0 Å². The van der Waals surface area contributed by atoms with Crippen molar-refractivity contribution in [2.24, 2.45) is 0 Å². The zero-order valence-electron chi connectivity index (χ0n) is 16.7. The van der Waals surface area contributed by atoms with Crippen molar-refractivity contribution < 1.29 is 17.6 Å². The Morgan fingerprint density at radius 1 is 1.03 bits per heavy atom. The molecule has 0 bridgehead atoms. The van der Waals surface area contributed by atoms with Crippen LogP contribution >= 0.6 is 0 Å². The van der Waals surface area contributed by atoms with Crippen molar-refractivity contribution in [2.45, 2.75) is 51.5 Å². The van der Waals surface area contributed by atoms with Gasteiger partial charge in [0.05, 0.1) is 11.1 Å². The van der Waals surface area contributed by atoms with E-state index in [4.69, 9.17) is 0 Å². The molecule has 0 N–H and O–H groups in total. The van der Waals surface area contributed by atoms with Crippen LogP contribution in [0.25, 0.3) is 10.9 Å². The van der Waals surface area contributed by atoms with Crippen LogP contribution in [0.15, 0.2) is 42.5 Å². The van der Waals surface area contributed by atoms with Crippen LogP contribution in [0.5, 0.6) is 0 Å². The van der Waals surface area contributed by atoms with E-state index in [1.807, 2.05) is 10.6 Å². The lowest BCUT2D eigenvalue weighted by Crippen LogP contribution is -2.38. The van der Waals surface area contributed by atoms with Crippen LogP contribution in [0.1, 0.15) is 42.3 Å². The normalized spacial score (nSPS) is 20.2. The van der Waals surface area contributed by atoms with Crippen LogP contribution in [0, 0.1) is 5.82 Å². The minimum Gasteiger partial charge on any atom is -0.341 e. The van der Waals surface area contributed by atoms with Gasteiger partial charge in [-0.25, -0.2) is 4.39 Å². The third-order valence-corrected chi connectivity index (χ3v) is 6.30. The van der Waals surface area contributed by atoms with Gasteiger partial charge < -0.3 is 4.57 Å². The number of benzene rings is 2. The Bertz CT molecular complexity index is 1030. The SMILES string of the molecule is CC1Cc2c(c3cccc(F)c3n2CCc2ccc(C(F)(F)F)cc2)C(C)N1C. The molecular weight excluding hydrogens is 380 g/mol. The van der Waals surface area contributed by atoms with E-state index in [1.165, 1.54) is 18.2 Å². The number of nitrogens with zero attached hydrogens (tertiary/aromatic N) is 2. The zero-order chi connectivity index (χ0) is 20.9. The summed E-state index contributed by atoms with van der Waals surface area (Å²) in [5.41, 5.74) is 3.04. The first-order valence-electron chi connectivity index (χ1n) is 9.86. The number of aryl methyl sites for hydroxylation is 2. The lowest BCUT2D eigenvalue weighted by Gasteiger charge is -2.36. The number of likely N-dealkylation sites (N-methyl/N-ethyl adjacent to an activating group) is 1. The molecule has 0 amide bonds. The first-order valence-corrected chi connectivity index (χ1v) is 9.86. The second kappa shape index (κ2) is 7.17. The maximum atomic E-state index is 14.8. The highest BCUT2D eigenvalue weighted by Gasteiger charge is 2.33. The predicted molar refractivity (Wildman–Crippen MR) is 106 cm³/mol. The standard InChI is InChI=1S/C23H24F4N2/c1-14-13-20-21(15(2)28(14)3)18-5-4-6-19(24)22(18)29(20)12-11-16-7-9-17(10-8-16)23(25,26)27/h4-10,14-15H,11-13H2,1-3H3. The first kappa shape index (κ1) is 20.0. The highest BCUT2D eigenvalue weighted by molar-refractivity contribution is 5.87. The number of fused-ring (bicyclic) bond motifs is 3. The summed E-state index contributed by atoms with van der Waals surface area (Å²) >= 11 is 0. The molecule has 0 saturated heterocycles. The van der Waals surface area contributed by atoms with Crippen LogP contribution < -0.4 is 0 Å². The minimum atomic E-state index is -4.34. The number of hydrogen-bond acceptors (Lipinski definition) is 1. The topological polar surface area (TPSA) is 8.17 Å². The van der Waals surface area contributed by atoms with Crippen LogP contribution in [-0.2, 0) is 25.6 Å². The molecule has 0 saturated carbocycles. The second-order valence-corrected chi connectivity index (χ2v) is 7.99. The van der Waals surface area contributed by atoms with Crippen LogP contribution in [0.4, 0.5) is 17.6 Å². The van der Waals surface area contributed by atoms with Gasteiger partial charge in [0.15, 0.2) is 0 Å². The molecule has 2 heterocycles. The maximum absolute atomic E-state index is 14.8. The Balaban J connectivity index is 1.72. The summed E-state index contributed by atoms with van der Waals surface area (Å²) in [4.78, 5) is 2.30. The van der Waals surface area contributed by atoms with E-state index in [9.17, 15) is 17.6 Å². The Labute approximate surface area is 167 Å². The van der Waals surface area contributed by atoms with Crippen molar-refractivity contribution in [1.29, 1.82) is 0 Å². The molecule has 2 unspecified atom stereocenters. The molecule has 0 spiro atoms. The summed E-state index contributed by atoms with van der Waals surface area (Å²) in [5, 5.41) is 0.929. The molecule has 0 aliphatic carbocycles. The molecule has 1 aliphatic rings. The summed E-state index contributed by atoms with van der Waals surface area (Å²) in [5.74, 6) is -0.258. The fourth-order valence-corrected chi connectivity index (χ4v) is 4.49. The summed E-state index contributed by atoms with van der Waals surface area (Å²) in [7, 11) is 2.09. The molecule has 154 valence electrons. The summed E-state index contributed by atoms with van der Waals surface area (Å²) < 4.78 is 55.2. The van der Waals surface area contributed by atoms with E-state index in [0.29, 0.717) is 24.5 Å². The molecule has 0 radical (unpaired) electrons. The van der Waals surface area contributed by atoms with Crippen LogP contribution in [0.3, 0.4) is 0 Å². The molecule has 6 heteroatoms. The molecule has 3 aromatic rings. The van der Waals surface area contributed by atoms with Gasteiger partial charge in [0.1, 0.15) is 5.82 Å². The highest BCUT2D eigenvalue weighted by atomic mass is 19.4. The first-order chi connectivity index (χ1) is 13.7. The number of rotatable bonds is 3. The molecule has 0 fully saturated rings. The monoisotopic (exact) mass is 404 g/mol. The fourth-order valence-electron chi connectivity index (χ4n) is 4.49. The molecule has 1 aromatic heterocycles. The molecule has 1 aliphatic heterocycles. The van der Waals surface area contributed by atoms with Gasteiger partial charge >= 0.3 is 6.18 Å². The quantitative estimate of drug-likeness (QED) is 0.488. The Morgan fingerprint density at radius 3 is 2.38 bits per heavy atom. The predicted octanol–water partition coefficient (Wildman–Crippen LogP) is 5.98. The van der Waals surface area contributed by atoms with Gasteiger partial charge in [-0.05, 0) is 56.6 Å². The second-order valence-electron chi connectivity index (χ2n) is 7.99. The van der Waals surface area contributed by atoms with Crippen molar-refractivity contribution >= 4 is 10.9 Å². The Morgan fingerprint density at radius 2 is 1.72 bits per heavy atom. The van der Waals surface area contributed by atoms with E-state index < -0.39 is 11.7 Å². The smallest absolute Gasteiger partial charge is 0.341 e. The molecule has 2 atom stereocenters. The third-order valence-electron chi connectivity index (χ3n) is 6.30. The maximum Gasteiger partial charge on any atom is 0.416 e. The average Bonchev–Trinajstić information content (AvgIpc) is 2.98. The van der Waals surface area contributed by atoms with Gasteiger partial charge in [-0.2, -0.15) is 13.2 Å². The van der Waals surface area contributed by atoms with Gasteiger partial charge in [-0.1, -0.05) is 24.3 Å². The number of aromatic nitrogens is 1. The number of hydrogen-bond donors (Lipinski definition) is 0. The summed E-state index contributed by atoms with van der Waals surface area (Å²) in [6.07, 6.45) is -2.98. The molecular formula is C23H24F4N2. The minimum absolute atomic E-state index is 0.172. The van der Waals surface area contributed by atoms with E-state index in [1.54, 1.807) is 6.07 Å². The van der Waals surface area contributed by atoms with Gasteiger partial charge in [0.25, 0.3) is 0 Å². The van der Waals surface area contributed by atoms with E-state index in [-0.39, 0.29) is 11.9 Å². The van der Waals surface area contributed by atoms with Crippen molar-refractivity contribution in [3.05, 3.63) is 70.7 Å². The third kappa shape index (κ3) is 3.44. The Kier molecular flexibility index (Phi) is 4.93.